The van der Waals surface area contributed by atoms with E-state index in [1.165, 1.54) is 6.42 Å². The highest BCUT2D eigenvalue weighted by Crippen LogP contribution is 2.34. The molecule has 1 aromatic carbocycles. The topological polar surface area (TPSA) is 29.5 Å². The van der Waals surface area contributed by atoms with Crippen molar-refractivity contribution >= 4 is 0 Å². The van der Waals surface area contributed by atoms with Crippen molar-refractivity contribution < 1.29 is 9.84 Å². The lowest BCUT2D eigenvalue weighted by Gasteiger charge is -2.33. The largest absolute Gasteiger partial charge is 0.490 e. The van der Waals surface area contributed by atoms with E-state index in [4.69, 9.17) is 4.74 Å². The Balaban J connectivity index is 2.07. The van der Waals surface area contributed by atoms with Gasteiger partial charge >= 0.3 is 0 Å². The molecule has 4 atom stereocenters. The second kappa shape index (κ2) is 6.42. The number of hydrogen-bond donors (Lipinski definition) is 1. The van der Waals surface area contributed by atoms with E-state index in [0.29, 0.717) is 6.10 Å². The Labute approximate surface area is 116 Å². The third-order valence-electron chi connectivity index (χ3n) is 4.51. The van der Waals surface area contributed by atoms with E-state index in [9.17, 15) is 5.11 Å². The predicted molar refractivity (Wildman–Crippen MR) is 78.3 cm³/mol. The first-order valence-corrected chi connectivity index (χ1v) is 7.55. The van der Waals surface area contributed by atoms with Crippen LogP contribution in [0.5, 0.6) is 5.75 Å². The summed E-state index contributed by atoms with van der Waals surface area (Å²) in [6, 6.07) is 7.90. The summed E-state index contributed by atoms with van der Waals surface area (Å²) in [5, 5.41) is 10.1. The van der Waals surface area contributed by atoms with Crippen LogP contribution in [0.15, 0.2) is 24.3 Å². The normalized spacial score (nSPS) is 28.9. The van der Waals surface area contributed by atoms with Gasteiger partial charge in [0.05, 0.1) is 12.2 Å². The van der Waals surface area contributed by atoms with Crippen LogP contribution in [0.2, 0.25) is 0 Å². The first-order valence-electron chi connectivity index (χ1n) is 7.55. The predicted octanol–water partition coefficient (Wildman–Crippen LogP) is 4.33. The Morgan fingerprint density at radius 1 is 1.21 bits per heavy atom. The van der Waals surface area contributed by atoms with Gasteiger partial charge < -0.3 is 9.84 Å². The second-order valence-electron chi connectivity index (χ2n) is 5.97. The Hall–Kier alpha value is -1.02. The maximum absolute atomic E-state index is 10.1. The summed E-state index contributed by atoms with van der Waals surface area (Å²) in [5.41, 5.74) is 0.927. The maximum Gasteiger partial charge on any atom is 0.125 e. The molecule has 0 heterocycles. The Morgan fingerprint density at radius 2 is 1.95 bits per heavy atom. The highest BCUT2D eigenvalue weighted by molar-refractivity contribution is 5.35. The third-order valence-corrected chi connectivity index (χ3v) is 4.51. The standard InChI is InChI=1S/C17H26O2/c1-4-16(18)15-7-5-6-8-17(15)19-14-10-9-12(2)13(3)11-14/h5-8,12-14,16,18H,4,9-11H2,1-3H3. The van der Waals surface area contributed by atoms with Gasteiger partial charge in [-0.25, -0.2) is 0 Å². The molecule has 0 spiro atoms. The summed E-state index contributed by atoms with van der Waals surface area (Å²) in [5.74, 6) is 2.39. The average molecular weight is 262 g/mol. The number of para-hydroxylation sites is 1. The Morgan fingerprint density at radius 3 is 2.63 bits per heavy atom. The van der Waals surface area contributed by atoms with Crippen molar-refractivity contribution in [2.75, 3.05) is 0 Å². The number of hydrogen-bond acceptors (Lipinski definition) is 2. The van der Waals surface area contributed by atoms with E-state index in [1.54, 1.807) is 0 Å². The zero-order valence-corrected chi connectivity index (χ0v) is 12.3. The quantitative estimate of drug-likeness (QED) is 0.875. The highest BCUT2D eigenvalue weighted by Gasteiger charge is 2.26. The molecule has 1 aliphatic rings. The van der Waals surface area contributed by atoms with Crippen LogP contribution in [0.25, 0.3) is 0 Å². The van der Waals surface area contributed by atoms with E-state index < -0.39 is 6.10 Å². The number of rotatable bonds is 4. The van der Waals surface area contributed by atoms with Crippen LogP contribution in [0.4, 0.5) is 0 Å². The lowest BCUT2D eigenvalue weighted by atomic mass is 9.80. The zero-order chi connectivity index (χ0) is 13.8. The minimum Gasteiger partial charge on any atom is -0.490 e. The molecule has 1 fully saturated rings. The summed E-state index contributed by atoms with van der Waals surface area (Å²) in [7, 11) is 0. The van der Waals surface area contributed by atoms with Crippen molar-refractivity contribution in [3.05, 3.63) is 29.8 Å². The molecule has 0 saturated heterocycles. The maximum atomic E-state index is 10.1. The van der Waals surface area contributed by atoms with Crippen molar-refractivity contribution in [2.45, 2.75) is 58.7 Å². The molecular weight excluding hydrogens is 236 g/mol. The van der Waals surface area contributed by atoms with Gasteiger partial charge in [0, 0.05) is 5.56 Å². The van der Waals surface area contributed by atoms with E-state index in [-0.39, 0.29) is 0 Å². The number of aliphatic hydroxyl groups excluding tert-OH is 1. The van der Waals surface area contributed by atoms with Crippen LogP contribution in [0, 0.1) is 11.8 Å². The SMILES string of the molecule is CCC(O)c1ccccc1OC1CCC(C)C(C)C1. The lowest BCUT2D eigenvalue weighted by Crippen LogP contribution is -2.29. The molecule has 1 aromatic rings. The molecule has 106 valence electrons. The summed E-state index contributed by atoms with van der Waals surface area (Å²) in [4.78, 5) is 0. The van der Waals surface area contributed by atoms with Crippen LogP contribution < -0.4 is 4.74 Å². The van der Waals surface area contributed by atoms with Crippen LogP contribution in [0.1, 0.15) is 58.1 Å². The average Bonchev–Trinajstić information content (AvgIpc) is 2.43. The van der Waals surface area contributed by atoms with Crippen molar-refractivity contribution in [1.29, 1.82) is 0 Å². The summed E-state index contributed by atoms with van der Waals surface area (Å²) in [6.07, 6.45) is 4.09. The minimum atomic E-state index is -0.420. The third kappa shape index (κ3) is 3.50. The number of aliphatic hydroxyl groups is 1. The first-order chi connectivity index (χ1) is 9.11. The summed E-state index contributed by atoms with van der Waals surface area (Å²) < 4.78 is 6.17. The van der Waals surface area contributed by atoms with Crippen molar-refractivity contribution in [1.82, 2.24) is 0 Å². The molecule has 2 heteroatoms. The minimum absolute atomic E-state index is 0.302. The molecule has 0 bridgehead atoms. The molecule has 0 aliphatic heterocycles. The highest BCUT2D eigenvalue weighted by atomic mass is 16.5. The van der Waals surface area contributed by atoms with Crippen molar-refractivity contribution in [3.8, 4) is 5.75 Å². The molecule has 4 unspecified atom stereocenters. The summed E-state index contributed by atoms with van der Waals surface area (Å²) >= 11 is 0. The fourth-order valence-electron chi connectivity index (χ4n) is 2.87. The van der Waals surface area contributed by atoms with E-state index in [2.05, 4.69) is 13.8 Å². The molecule has 19 heavy (non-hydrogen) atoms. The molecule has 1 N–H and O–H groups in total. The van der Waals surface area contributed by atoms with Gasteiger partial charge in [-0.2, -0.15) is 0 Å². The van der Waals surface area contributed by atoms with Gasteiger partial charge in [0.1, 0.15) is 5.75 Å². The number of benzene rings is 1. The van der Waals surface area contributed by atoms with Crippen molar-refractivity contribution in [2.24, 2.45) is 11.8 Å². The second-order valence-corrected chi connectivity index (χ2v) is 5.97. The van der Waals surface area contributed by atoms with E-state index >= 15 is 0 Å². The van der Waals surface area contributed by atoms with Crippen LogP contribution in [0.3, 0.4) is 0 Å². The molecule has 2 rings (SSSR count). The zero-order valence-electron chi connectivity index (χ0n) is 12.3. The first kappa shape index (κ1) is 14.4. The van der Waals surface area contributed by atoms with Gasteiger partial charge in [-0.15, -0.1) is 0 Å². The van der Waals surface area contributed by atoms with Gasteiger partial charge in [-0.05, 0) is 43.6 Å². The molecule has 0 aromatic heterocycles. The van der Waals surface area contributed by atoms with Gasteiger partial charge in [0.15, 0.2) is 0 Å². The molecule has 2 nitrogen and oxygen atoms in total. The fraction of sp³-hybridized carbons (Fsp3) is 0.647. The van der Waals surface area contributed by atoms with Crippen LogP contribution in [-0.4, -0.2) is 11.2 Å². The molecule has 0 radical (unpaired) electrons. The van der Waals surface area contributed by atoms with Crippen molar-refractivity contribution in [3.63, 3.8) is 0 Å². The Bertz CT molecular complexity index is 402. The lowest BCUT2D eigenvalue weighted by molar-refractivity contribution is 0.0942. The molecule has 1 aliphatic carbocycles. The molecule has 0 amide bonds. The fourth-order valence-corrected chi connectivity index (χ4v) is 2.87. The van der Waals surface area contributed by atoms with E-state index in [1.807, 2.05) is 31.2 Å². The van der Waals surface area contributed by atoms with E-state index in [0.717, 1.165) is 42.4 Å². The number of ether oxygens (including phenoxy) is 1. The monoisotopic (exact) mass is 262 g/mol. The Kier molecular flexibility index (Phi) is 4.87. The molecule has 1 saturated carbocycles. The van der Waals surface area contributed by atoms with Crippen LogP contribution in [-0.2, 0) is 0 Å². The van der Waals surface area contributed by atoms with Crippen LogP contribution >= 0.6 is 0 Å². The summed E-state index contributed by atoms with van der Waals surface area (Å²) in [6.45, 7) is 6.63. The van der Waals surface area contributed by atoms with Gasteiger partial charge in [-0.1, -0.05) is 39.0 Å². The van der Waals surface area contributed by atoms with Gasteiger partial charge in [0.25, 0.3) is 0 Å². The smallest absolute Gasteiger partial charge is 0.125 e. The van der Waals surface area contributed by atoms with Gasteiger partial charge in [0.2, 0.25) is 0 Å². The molecular formula is C17H26O2. The van der Waals surface area contributed by atoms with Gasteiger partial charge in [-0.3, -0.25) is 0 Å².